The van der Waals surface area contributed by atoms with Crippen molar-refractivity contribution in [3.05, 3.63) is 47.0 Å². The minimum atomic E-state index is -4.77. The van der Waals surface area contributed by atoms with Crippen molar-refractivity contribution in [2.24, 2.45) is 0 Å². The maximum atomic E-state index is 13.3. The zero-order valence-corrected chi connectivity index (χ0v) is 11.0. The molecule has 0 bridgehead atoms. The number of nitriles is 1. The van der Waals surface area contributed by atoms with Gasteiger partial charge in [0.25, 0.3) is 0 Å². The molecule has 0 aliphatic rings. The van der Waals surface area contributed by atoms with Crippen molar-refractivity contribution in [1.29, 1.82) is 5.26 Å². The Morgan fingerprint density at radius 1 is 1.36 bits per heavy atom. The first-order valence-electron chi connectivity index (χ1n) is 5.73. The number of nitrogens with zero attached hydrogens (tertiary/aromatic N) is 3. The monoisotopic (exact) mass is 313 g/mol. The van der Waals surface area contributed by atoms with E-state index in [4.69, 9.17) is 5.26 Å². The Bertz CT molecular complexity index is 775. The van der Waals surface area contributed by atoms with Crippen LogP contribution in [0.15, 0.2) is 24.3 Å². The first-order chi connectivity index (χ1) is 10.3. The summed E-state index contributed by atoms with van der Waals surface area (Å²) in [6.45, 7) is 0. The molecular formula is C13H7F4N3O2. The Hall–Kier alpha value is -2.89. The number of esters is 1. The molecule has 0 saturated carbocycles. The van der Waals surface area contributed by atoms with E-state index >= 15 is 0 Å². The molecule has 0 aliphatic carbocycles. The van der Waals surface area contributed by atoms with Gasteiger partial charge in [-0.25, -0.2) is 13.9 Å². The van der Waals surface area contributed by atoms with E-state index in [2.05, 4.69) is 9.84 Å². The molecule has 114 valence electrons. The van der Waals surface area contributed by atoms with Crippen LogP contribution in [-0.2, 0) is 10.9 Å². The van der Waals surface area contributed by atoms with Gasteiger partial charge in [-0.3, -0.25) is 0 Å². The van der Waals surface area contributed by atoms with Crippen molar-refractivity contribution in [2.75, 3.05) is 7.11 Å². The van der Waals surface area contributed by atoms with Gasteiger partial charge in [0.1, 0.15) is 11.9 Å². The lowest BCUT2D eigenvalue weighted by Gasteiger charge is -2.06. The minimum Gasteiger partial charge on any atom is -0.464 e. The van der Waals surface area contributed by atoms with Crippen LogP contribution < -0.4 is 0 Å². The van der Waals surface area contributed by atoms with Gasteiger partial charge in [0.15, 0.2) is 11.4 Å². The summed E-state index contributed by atoms with van der Waals surface area (Å²) in [4.78, 5) is 11.6. The number of methoxy groups -OCH3 is 1. The SMILES string of the molecule is COC(=O)c1cc(C(F)(F)F)nn1-c1ccc(F)c(C#N)c1. The second-order valence-corrected chi connectivity index (χ2v) is 4.09. The molecule has 0 unspecified atom stereocenters. The highest BCUT2D eigenvalue weighted by Crippen LogP contribution is 2.30. The summed E-state index contributed by atoms with van der Waals surface area (Å²) >= 11 is 0. The lowest BCUT2D eigenvalue weighted by Crippen LogP contribution is -2.11. The molecular weight excluding hydrogens is 306 g/mol. The maximum absolute atomic E-state index is 13.3. The van der Waals surface area contributed by atoms with Crippen molar-refractivity contribution in [3.8, 4) is 11.8 Å². The minimum absolute atomic E-state index is 0.0751. The van der Waals surface area contributed by atoms with Gasteiger partial charge in [-0.05, 0) is 18.2 Å². The summed E-state index contributed by atoms with van der Waals surface area (Å²) in [5, 5.41) is 12.0. The smallest absolute Gasteiger partial charge is 0.435 e. The van der Waals surface area contributed by atoms with E-state index in [9.17, 15) is 22.4 Å². The quantitative estimate of drug-likeness (QED) is 0.631. The summed E-state index contributed by atoms with van der Waals surface area (Å²) in [7, 11) is 0.998. The van der Waals surface area contributed by atoms with Gasteiger partial charge in [0.05, 0.1) is 18.4 Å². The van der Waals surface area contributed by atoms with Crippen molar-refractivity contribution in [1.82, 2.24) is 9.78 Å². The number of rotatable bonds is 2. The Balaban J connectivity index is 2.66. The fourth-order valence-corrected chi connectivity index (χ4v) is 1.70. The molecule has 0 aliphatic heterocycles. The standard InChI is InChI=1S/C13H7F4N3O2/c1-22-12(21)10-5-11(13(15,16)17)19-20(10)8-2-3-9(14)7(4-8)6-18/h2-5H,1H3. The molecule has 5 nitrogen and oxygen atoms in total. The van der Waals surface area contributed by atoms with Crippen LogP contribution in [0.1, 0.15) is 21.7 Å². The number of carbonyl (C=O) groups is 1. The highest BCUT2D eigenvalue weighted by atomic mass is 19.4. The van der Waals surface area contributed by atoms with Crippen LogP contribution in [0, 0.1) is 17.1 Å². The maximum Gasteiger partial charge on any atom is 0.435 e. The van der Waals surface area contributed by atoms with E-state index in [-0.39, 0.29) is 5.69 Å². The van der Waals surface area contributed by atoms with Crippen LogP contribution in [-0.4, -0.2) is 22.9 Å². The van der Waals surface area contributed by atoms with E-state index in [0.29, 0.717) is 10.7 Å². The van der Waals surface area contributed by atoms with Gasteiger partial charge in [0, 0.05) is 6.07 Å². The molecule has 2 aromatic rings. The normalized spacial score (nSPS) is 11.1. The third-order valence-corrected chi connectivity index (χ3v) is 2.71. The van der Waals surface area contributed by atoms with Gasteiger partial charge in [-0.2, -0.15) is 23.5 Å². The van der Waals surface area contributed by atoms with Gasteiger partial charge in [0.2, 0.25) is 0 Å². The Labute approximate surface area is 121 Å². The zero-order chi connectivity index (χ0) is 16.5. The first kappa shape index (κ1) is 15.5. The Kier molecular flexibility index (Phi) is 3.86. The average Bonchev–Trinajstić information content (AvgIpc) is 2.92. The molecule has 0 amide bonds. The number of alkyl halides is 3. The van der Waals surface area contributed by atoms with Crippen LogP contribution >= 0.6 is 0 Å². The lowest BCUT2D eigenvalue weighted by molar-refractivity contribution is -0.141. The molecule has 0 spiro atoms. The second-order valence-electron chi connectivity index (χ2n) is 4.09. The van der Waals surface area contributed by atoms with Crippen LogP contribution in [0.4, 0.5) is 17.6 Å². The highest BCUT2D eigenvalue weighted by molar-refractivity contribution is 5.88. The van der Waals surface area contributed by atoms with Crippen molar-refractivity contribution in [2.45, 2.75) is 6.18 Å². The van der Waals surface area contributed by atoms with Gasteiger partial charge in [-0.15, -0.1) is 0 Å². The van der Waals surface area contributed by atoms with E-state index in [1.165, 1.54) is 0 Å². The molecule has 0 radical (unpaired) electrons. The largest absolute Gasteiger partial charge is 0.464 e. The van der Waals surface area contributed by atoms with E-state index < -0.39 is 34.9 Å². The molecule has 22 heavy (non-hydrogen) atoms. The van der Waals surface area contributed by atoms with Gasteiger partial charge in [-0.1, -0.05) is 0 Å². The summed E-state index contributed by atoms with van der Waals surface area (Å²) in [6, 6.07) is 5.03. The second kappa shape index (κ2) is 5.48. The summed E-state index contributed by atoms with van der Waals surface area (Å²) in [5.74, 6) is -1.89. The molecule has 1 heterocycles. The van der Waals surface area contributed by atoms with Gasteiger partial charge >= 0.3 is 12.1 Å². The fraction of sp³-hybridized carbons (Fsp3) is 0.154. The summed E-state index contributed by atoms with van der Waals surface area (Å²) in [6.07, 6.45) is -4.77. The van der Waals surface area contributed by atoms with Crippen LogP contribution in [0.2, 0.25) is 0 Å². The predicted molar refractivity (Wildman–Crippen MR) is 64.6 cm³/mol. The van der Waals surface area contributed by atoms with Gasteiger partial charge < -0.3 is 4.74 Å². The molecule has 0 saturated heterocycles. The van der Waals surface area contributed by atoms with Crippen molar-refractivity contribution in [3.63, 3.8) is 0 Å². The van der Waals surface area contributed by atoms with E-state index in [0.717, 1.165) is 25.3 Å². The number of hydrogen-bond donors (Lipinski definition) is 0. The molecule has 9 heteroatoms. The van der Waals surface area contributed by atoms with Crippen molar-refractivity contribution >= 4 is 5.97 Å². The molecule has 1 aromatic heterocycles. The number of hydrogen-bond acceptors (Lipinski definition) is 4. The van der Waals surface area contributed by atoms with Crippen molar-refractivity contribution < 1.29 is 27.1 Å². The van der Waals surface area contributed by atoms with Crippen LogP contribution in [0.5, 0.6) is 0 Å². The number of ether oxygens (including phenoxy) is 1. The Morgan fingerprint density at radius 3 is 2.59 bits per heavy atom. The highest BCUT2D eigenvalue weighted by Gasteiger charge is 2.36. The fourth-order valence-electron chi connectivity index (χ4n) is 1.70. The molecule has 0 atom stereocenters. The first-order valence-corrected chi connectivity index (χ1v) is 5.73. The Morgan fingerprint density at radius 2 is 2.05 bits per heavy atom. The number of benzene rings is 1. The lowest BCUT2D eigenvalue weighted by atomic mass is 10.2. The number of carbonyl (C=O) groups excluding carboxylic acids is 1. The third-order valence-electron chi connectivity index (χ3n) is 2.71. The average molecular weight is 313 g/mol. The molecule has 0 fully saturated rings. The molecule has 0 N–H and O–H groups in total. The predicted octanol–water partition coefficient (Wildman–Crippen LogP) is 2.69. The third kappa shape index (κ3) is 2.76. The van der Waals surface area contributed by atoms with E-state index in [1.54, 1.807) is 6.07 Å². The summed E-state index contributed by atoms with van der Waals surface area (Å²) < 4.78 is 56.5. The van der Waals surface area contributed by atoms with Crippen LogP contribution in [0.3, 0.4) is 0 Å². The molecule has 1 aromatic carbocycles. The zero-order valence-electron chi connectivity index (χ0n) is 11.0. The number of aromatic nitrogens is 2. The van der Waals surface area contributed by atoms with Crippen LogP contribution in [0.25, 0.3) is 5.69 Å². The number of halogens is 4. The molecule has 2 rings (SSSR count). The van der Waals surface area contributed by atoms with E-state index in [1.807, 2.05) is 0 Å². The summed E-state index contributed by atoms with van der Waals surface area (Å²) in [5.41, 5.74) is -2.27. The topological polar surface area (TPSA) is 67.9 Å².